The van der Waals surface area contributed by atoms with E-state index < -0.39 is 0 Å². The molecule has 1 fully saturated rings. The number of aryl methyl sites for hydroxylation is 2. The van der Waals surface area contributed by atoms with Crippen LogP contribution in [0.4, 0.5) is 5.13 Å². The number of aromatic nitrogens is 4. The molecule has 3 aromatic heterocycles. The number of nitrogens with one attached hydrogen (secondary N) is 2. The number of anilines is 1. The lowest BCUT2D eigenvalue weighted by Gasteiger charge is -2.22. The van der Waals surface area contributed by atoms with Crippen molar-refractivity contribution in [3.8, 4) is 23.0 Å². The quantitative estimate of drug-likeness (QED) is 0.328. The van der Waals surface area contributed by atoms with E-state index in [1.807, 2.05) is 24.3 Å². The second-order valence-corrected chi connectivity index (χ2v) is 9.36. The first-order valence-electron chi connectivity index (χ1n) is 11.6. The highest BCUT2D eigenvalue weighted by Gasteiger charge is 2.15. The van der Waals surface area contributed by atoms with Crippen molar-refractivity contribution >= 4 is 26.7 Å². The molecule has 7 heteroatoms. The van der Waals surface area contributed by atoms with Gasteiger partial charge in [0.15, 0.2) is 11.0 Å². The molecule has 1 aliphatic rings. The first-order chi connectivity index (χ1) is 15.7. The topological polar surface area (TPSA) is 75.7 Å². The summed E-state index contributed by atoms with van der Waals surface area (Å²) in [5.74, 6) is 2.33. The number of hydrogen-bond donors (Lipinski definition) is 2. The van der Waals surface area contributed by atoms with Gasteiger partial charge in [-0.2, -0.15) is 0 Å². The van der Waals surface area contributed by atoms with E-state index in [2.05, 4.69) is 35.2 Å². The van der Waals surface area contributed by atoms with Gasteiger partial charge >= 0.3 is 0 Å². The molecule has 6 nitrogen and oxygen atoms in total. The molecule has 166 valence electrons. The largest absolute Gasteiger partial charge is 0.457 e. The van der Waals surface area contributed by atoms with Crippen molar-refractivity contribution < 1.29 is 4.74 Å². The van der Waals surface area contributed by atoms with Gasteiger partial charge in [0.05, 0.1) is 15.9 Å². The van der Waals surface area contributed by atoms with Crippen molar-refractivity contribution in [2.24, 2.45) is 0 Å². The van der Waals surface area contributed by atoms with E-state index in [0.717, 1.165) is 56.9 Å². The monoisotopic (exact) mass is 447 g/mol. The second-order valence-electron chi connectivity index (χ2n) is 8.32. The Balaban J connectivity index is 1.34. The summed E-state index contributed by atoms with van der Waals surface area (Å²) in [4.78, 5) is 17.4. The van der Waals surface area contributed by atoms with Crippen LogP contribution in [0.25, 0.3) is 21.7 Å². The van der Waals surface area contributed by atoms with Crippen LogP contribution in [0.15, 0.2) is 36.5 Å². The maximum Gasteiger partial charge on any atom is 0.184 e. The van der Waals surface area contributed by atoms with Crippen LogP contribution in [0, 0.1) is 0 Å². The summed E-state index contributed by atoms with van der Waals surface area (Å²) in [5, 5.41) is 4.64. The molecule has 0 unspecified atom stereocenters. The Bertz CT molecular complexity index is 1190. The van der Waals surface area contributed by atoms with Crippen LogP contribution in [-0.4, -0.2) is 26.0 Å². The van der Waals surface area contributed by atoms with Crippen molar-refractivity contribution in [2.75, 3.05) is 5.32 Å². The minimum atomic E-state index is 0.554. The molecule has 3 heterocycles. The molecule has 0 saturated heterocycles. The van der Waals surface area contributed by atoms with Crippen LogP contribution in [-0.2, 0) is 12.8 Å². The third-order valence-electron chi connectivity index (χ3n) is 6.06. The van der Waals surface area contributed by atoms with Gasteiger partial charge in [-0.1, -0.05) is 44.4 Å². The number of imidazole rings is 1. The summed E-state index contributed by atoms with van der Waals surface area (Å²) >= 11 is 1.70. The number of ether oxygens (including phenoxy) is 1. The molecule has 0 radical (unpaired) electrons. The number of aromatic amines is 1. The molecule has 0 atom stereocenters. The Labute approximate surface area is 192 Å². The number of benzene rings is 1. The lowest BCUT2D eigenvalue weighted by atomic mass is 9.96. The van der Waals surface area contributed by atoms with E-state index in [9.17, 15) is 0 Å². The predicted molar refractivity (Wildman–Crippen MR) is 131 cm³/mol. The minimum absolute atomic E-state index is 0.554. The number of nitrogens with zero attached hydrogens (tertiary/aromatic N) is 3. The average molecular weight is 448 g/mol. The summed E-state index contributed by atoms with van der Waals surface area (Å²) in [6.45, 7) is 4.26. The summed E-state index contributed by atoms with van der Waals surface area (Å²) < 4.78 is 7.30. The number of H-pyrrole nitrogens is 1. The fraction of sp³-hybridized carbons (Fsp3) is 0.400. The van der Waals surface area contributed by atoms with Gasteiger partial charge in [0.25, 0.3) is 0 Å². The Kier molecular flexibility index (Phi) is 6.08. The van der Waals surface area contributed by atoms with Gasteiger partial charge in [0, 0.05) is 30.1 Å². The van der Waals surface area contributed by atoms with Crippen LogP contribution in [0.2, 0.25) is 0 Å². The van der Waals surface area contributed by atoms with E-state index in [1.54, 1.807) is 17.5 Å². The van der Waals surface area contributed by atoms with Crippen molar-refractivity contribution in [3.05, 3.63) is 47.9 Å². The lowest BCUT2D eigenvalue weighted by Crippen LogP contribution is -2.21. The Morgan fingerprint density at radius 3 is 2.66 bits per heavy atom. The van der Waals surface area contributed by atoms with Crippen LogP contribution < -0.4 is 10.1 Å². The number of pyridine rings is 1. The Hall–Kier alpha value is -2.93. The molecule has 0 aliphatic heterocycles. The third-order valence-corrected chi connectivity index (χ3v) is 7.00. The van der Waals surface area contributed by atoms with E-state index in [4.69, 9.17) is 14.7 Å². The molecule has 0 bridgehead atoms. The first kappa shape index (κ1) is 20.9. The van der Waals surface area contributed by atoms with Gasteiger partial charge in [-0.05, 0) is 43.9 Å². The highest BCUT2D eigenvalue weighted by Crippen LogP contribution is 2.33. The van der Waals surface area contributed by atoms with Gasteiger partial charge in [-0.15, -0.1) is 0 Å². The Morgan fingerprint density at radius 1 is 1.03 bits per heavy atom. The molecule has 32 heavy (non-hydrogen) atoms. The minimum Gasteiger partial charge on any atom is -0.457 e. The van der Waals surface area contributed by atoms with E-state index in [1.165, 1.54) is 37.8 Å². The van der Waals surface area contributed by atoms with Gasteiger partial charge < -0.3 is 15.0 Å². The standard InChI is InChI=1S/C25H29N5OS/c1-3-19-20(4-2)29-24(28-19)22-14-18(12-13-26-22)31-17-10-11-21-23(15-17)32-25(30-21)27-16-8-6-5-7-9-16/h10-16H,3-9H2,1-2H3,(H,27,30)(H,28,29). The first-order valence-corrected chi connectivity index (χ1v) is 12.4. The molecular weight excluding hydrogens is 418 g/mol. The fourth-order valence-electron chi connectivity index (χ4n) is 4.34. The number of thiazole rings is 1. The van der Waals surface area contributed by atoms with Crippen LogP contribution in [0.5, 0.6) is 11.5 Å². The molecular formula is C25H29N5OS. The predicted octanol–water partition coefficient (Wildman–Crippen LogP) is 6.74. The van der Waals surface area contributed by atoms with E-state index in [0.29, 0.717) is 6.04 Å². The number of fused-ring (bicyclic) bond motifs is 1. The van der Waals surface area contributed by atoms with Crippen LogP contribution >= 0.6 is 11.3 Å². The van der Waals surface area contributed by atoms with Crippen molar-refractivity contribution in [1.82, 2.24) is 19.9 Å². The molecule has 2 N–H and O–H groups in total. The zero-order valence-corrected chi connectivity index (χ0v) is 19.5. The highest BCUT2D eigenvalue weighted by atomic mass is 32.1. The van der Waals surface area contributed by atoms with Gasteiger partial charge in [-0.25, -0.2) is 9.97 Å². The van der Waals surface area contributed by atoms with E-state index >= 15 is 0 Å². The van der Waals surface area contributed by atoms with Crippen LogP contribution in [0.1, 0.15) is 57.3 Å². The van der Waals surface area contributed by atoms with Gasteiger partial charge in [0.2, 0.25) is 0 Å². The molecule has 0 spiro atoms. The number of rotatable bonds is 7. The SMILES string of the molecule is CCc1nc(-c2cc(Oc3ccc4nc(NC5CCCCC5)sc4c3)ccn2)[nH]c1CC. The lowest BCUT2D eigenvalue weighted by molar-refractivity contribution is 0.462. The molecule has 4 aromatic rings. The van der Waals surface area contributed by atoms with Crippen LogP contribution in [0.3, 0.4) is 0 Å². The summed E-state index contributed by atoms with van der Waals surface area (Å²) in [6, 6.07) is 10.4. The molecule has 1 saturated carbocycles. The van der Waals surface area contributed by atoms with Crippen molar-refractivity contribution in [3.63, 3.8) is 0 Å². The maximum absolute atomic E-state index is 6.17. The highest BCUT2D eigenvalue weighted by molar-refractivity contribution is 7.22. The van der Waals surface area contributed by atoms with E-state index in [-0.39, 0.29) is 0 Å². The average Bonchev–Trinajstić information content (AvgIpc) is 3.43. The maximum atomic E-state index is 6.17. The zero-order chi connectivity index (χ0) is 21.9. The van der Waals surface area contributed by atoms with Crippen molar-refractivity contribution in [2.45, 2.75) is 64.8 Å². The fourth-order valence-corrected chi connectivity index (χ4v) is 5.31. The zero-order valence-electron chi connectivity index (χ0n) is 18.6. The smallest absolute Gasteiger partial charge is 0.184 e. The normalized spacial score (nSPS) is 14.7. The summed E-state index contributed by atoms with van der Waals surface area (Å²) in [6.07, 6.45) is 10.1. The Morgan fingerprint density at radius 2 is 1.88 bits per heavy atom. The second kappa shape index (κ2) is 9.28. The van der Waals surface area contributed by atoms with Crippen molar-refractivity contribution in [1.29, 1.82) is 0 Å². The summed E-state index contributed by atoms with van der Waals surface area (Å²) in [5.41, 5.74) is 4.06. The van der Waals surface area contributed by atoms with Gasteiger partial charge in [0.1, 0.15) is 17.2 Å². The van der Waals surface area contributed by atoms with Gasteiger partial charge in [-0.3, -0.25) is 4.98 Å². The third kappa shape index (κ3) is 4.48. The summed E-state index contributed by atoms with van der Waals surface area (Å²) in [7, 11) is 0. The molecule has 0 amide bonds. The molecule has 1 aliphatic carbocycles. The molecule has 5 rings (SSSR count). The number of hydrogen-bond acceptors (Lipinski definition) is 6. The molecule has 1 aromatic carbocycles.